The first-order valence-electron chi connectivity index (χ1n) is 14.1. The Kier molecular flexibility index (Phi) is 8.43. The molecule has 1 fully saturated rings. The second-order valence-electron chi connectivity index (χ2n) is 10.9. The van der Waals surface area contributed by atoms with Crippen LogP contribution in [-0.2, 0) is 19.4 Å². The fraction of sp³-hybridized carbons (Fsp3) is 0.455. The molecule has 1 aliphatic carbocycles. The lowest BCUT2D eigenvalue weighted by Gasteiger charge is -2.25. The number of anilines is 1. The molecule has 0 spiro atoms. The van der Waals surface area contributed by atoms with Crippen molar-refractivity contribution in [2.24, 2.45) is 0 Å². The van der Waals surface area contributed by atoms with E-state index in [1.54, 1.807) is 14.2 Å². The molecule has 3 aromatic carbocycles. The standard InChI is InChI=1S/C33H42N2O3/c1-23(32-8-6-5-7-17-34-32)38-29-13-9-24(10-14-29)22-35(2)33-21-30(37-4)19-27-18-26(20-31(27)33)25-11-15-28(36-3)16-12-25/h9-16,19,21,23,26,32,34H,5-8,17-18,20,22H2,1-4H3. The molecule has 3 aromatic rings. The lowest BCUT2D eigenvalue weighted by Crippen LogP contribution is -2.40. The molecule has 0 aromatic heterocycles. The fourth-order valence-corrected chi connectivity index (χ4v) is 6.04. The molecule has 0 radical (unpaired) electrons. The minimum Gasteiger partial charge on any atom is -0.497 e. The van der Waals surface area contributed by atoms with Gasteiger partial charge in [0.2, 0.25) is 0 Å². The van der Waals surface area contributed by atoms with Crippen molar-refractivity contribution in [2.75, 3.05) is 32.7 Å². The highest BCUT2D eigenvalue weighted by Crippen LogP contribution is 2.42. The molecular weight excluding hydrogens is 472 g/mol. The molecule has 0 saturated carbocycles. The van der Waals surface area contributed by atoms with Gasteiger partial charge >= 0.3 is 0 Å². The molecule has 1 saturated heterocycles. The lowest BCUT2D eigenvalue weighted by molar-refractivity contribution is 0.167. The van der Waals surface area contributed by atoms with Crippen LogP contribution in [0.5, 0.6) is 17.2 Å². The second-order valence-corrected chi connectivity index (χ2v) is 10.9. The Hall–Kier alpha value is -3.18. The van der Waals surface area contributed by atoms with Gasteiger partial charge in [-0.15, -0.1) is 0 Å². The van der Waals surface area contributed by atoms with E-state index in [4.69, 9.17) is 14.2 Å². The SMILES string of the molecule is COc1ccc(C2Cc3cc(OC)cc(N(C)Cc4ccc(OC(C)C5CCCCCN5)cc4)c3C2)cc1. The maximum atomic E-state index is 6.31. The molecule has 1 heterocycles. The van der Waals surface area contributed by atoms with E-state index < -0.39 is 0 Å². The summed E-state index contributed by atoms with van der Waals surface area (Å²) in [7, 11) is 5.65. The summed E-state index contributed by atoms with van der Waals surface area (Å²) in [6.45, 7) is 4.11. The van der Waals surface area contributed by atoms with Crippen molar-refractivity contribution >= 4 is 5.69 Å². The molecule has 1 aliphatic heterocycles. The molecule has 3 atom stereocenters. The third-order valence-corrected chi connectivity index (χ3v) is 8.27. The number of fused-ring (bicyclic) bond motifs is 1. The van der Waals surface area contributed by atoms with Crippen molar-refractivity contribution in [3.63, 3.8) is 0 Å². The average Bonchev–Trinajstić information content (AvgIpc) is 3.18. The summed E-state index contributed by atoms with van der Waals surface area (Å²) in [4.78, 5) is 2.35. The van der Waals surface area contributed by atoms with Crippen molar-refractivity contribution in [3.8, 4) is 17.2 Å². The van der Waals surface area contributed by atoms with Gasteiger partial charge in [0.05, 0.1) is 14.2 Å². The molecule has 5 heteroatoms. The van der Waals surface area contributed by atoms with Gasteiger partial charge in [0.25, 0.3) is 0 Å². The minimum absolute atomic E-state index is 0.166. The number of hydrogen-bond donors (Lipinski definition) is 1. The van der Waals surface area contributed by atoms with E-state index in [9.17, 15) is 0 Å². The van der Waals surface area contributed by atoms with Gasteiger partial charge in [-0.05, 0) is 97.7 Å². The van der Waals surface area contributed by atoms with E-state index in [2.05, 4.69) is 84.9 Å². The Morgan fingerprint density at radius 1 is 0.868 bits per heavy atom. The van der Waals surface area contributed by atoms with Crippen molar-refractivity contribution in [1.82, 2.24) is 5.32 Å². The maximum absolute atomic E-state index is 6.31. The number of ether oxygens (including phenoxy) is 3. The first-order valence-corrected chi connectivity index (χ1v) is 14.1. The summed E-state index contributed by atoms with van der Waals surface area (Å²) in [6, 6.07) is 22.0. The van der Waals surface area contributed by atoms with Crippen LogP contribution in [0.1, 0.15) is 60.8 Å². The number of methoxy groups -OCH3 is 2. The smallest absolute Gasteiger partial charge is 0.121 e. The molecule has 5 nitrogen and oxygen atoms in total. The van der Waals surface area contributed by atoms with Crippen LogP contribution >= 0.6 is 0 Å². The average molecular weight is 515 g/mol. The molecule has 202 valence electrons. The van der Waals surface area contributed by atoms with Crippen molar-refractivity contribution in [1.29, 1.82) is 0 Å². The van der Waals surface area contributed by atoms with E-state index in [0.717, 1.165) is 43.2 Å². The van der Waals surface area contributed by atoms with Gasteiger partial charge in [0.15, 0.2) is 0 Å². The predicted octanol–water partition coefficient (Wildman–Crippen LogP) is 6.52. The quantitative estimate of drug-likeness (QED) is 0.352. The third-order valence-electron chi connectivity index (χ3n) is 8.27. The molecule has 3 unspecified atom stereocenters. The van der Waals surface area contributed by atoms with E-state index >= 15 is 0 Å². The number of hydrogen-bond acceptors (Lipinski definition) is 5. The Bertz CT molecular complexity index is 1180. The van der Waals surface area contributed by atoms with Gasteiger partial charge in [0, 0.05) is 31.4 Å². The van der Waals surface area contributed by atoms with E-state index in [-0.39, 0.29) is 6.10 Å². The highest BCUT2D eigenvalue weighted by Gasteiger charge is 2.27. The van der Waals surface area contributed by atoms with Crippen LogP contribution in [0, 0.1) is 0 Å². The lowest BCUT2D eigenvalue weighted by atomic mass is 9.96. The number of benzene rings is 3. The molecule has 0 bridgehead atoms. The number of nitrogens with zero attached hydrogens (tertiary/aromatic N) is 1. The topological polar surface area (TPSA) is 43.0 Å². The summed E-state index contributed by atoms with van der Waals surface area (Å²) in [6.07, 6.45) is 7.28. The predicted molar refractivity (Wildman–Crippen MR) is 155 cm³/mol. The Balaban J connectivity index is 1.26. The van der Waals surface area contributed by atoms with Crippen molar-refractivity contribution < 1.29 is 14.2 Å². The molecule has 2 aliphatic rings. The first kappa shape index (κ1) is 26.4. The normalized spacial score (nSPS) is 19.8. The summed E-state index contributed by atoms with van der Waals surface area (Å²) in [5.41, 5.74) is 6.69. The van der Waals surface area contributed by atoms with Crippen molar-refractivity contribution in [3.05, 3.63) is 82.9 Å². The maximum Gasteiger partial charge on any atom is 0.121 e. The van der Waals surface area contributed by atoms with Crippen LogP contribution in [0.4, 0.5) is 5.69 Å². The number of nitrogens with one attached hydrogen (secondary N) is 1. The number of rotatable bonds is 9. The van der Waals surface area contributed by atoms with Crippen LogP contribution in [-0.4, -0.2) is 40.0 Å². The fourth-order valence-electron chi connectivity index (χ4n) is 6.04. The monoisotopic (exact) mass is 514 g/mol. The molecule has 1 N–H and O–H groups in total. The van der Waals surface area contributed by atoms with Gasteiger partial charge in [-0.1, -0.05) is 37.1 Å². The van der Waals surface area contributed by atoms with E-state index in [0.29, 0.717) is 12.0 Å². The van der Waals surface area contributed by atoms with E-state index in [1.807, 2.05) is 0 Å². The van der Waals surface area contributed by atoms with Gasteiger partial charge in [0.1, 0.15) is 23.4 Å². The molecule has 38 heavy (non-hydrogen) atoms. The molecular formula is C33H42N2O3. The zero-order valence-corrected chi connectivity index (χ0v) is 23.3. The summed E-state index contributed by atoms with van der Waals surface area (Å²) in [5.74, 6) is 3.24. The van der Waals surface area contributed by atoms with E-state index in [1.165, 1.54) is 53.6 Å². The van der Waals surface area contributed by atoms with Crippen molar-refractivity contribution in [2.45, 2.75) is 70.1 Å². The zero-order chi connectivity index (χ0) is 26.5. The van der Waals surface area contributed by atoms with Crippen LogP contribution in [0.15, 0.2) is 60.7 Å². The summed E-state index contributed by atoms with van der Waals surface area (Å²) >= 11 is 0. The Labute approximate surface area is 228 Å². The van der Waals surface area contributed by atoms with Gasteiger partial charge in [-0.3, -0.25) is 0 Å². The third kappa shape index (κ3) is 6.10. The molecule has 5 rings (SSSR count). The Morgan fingerprint density at radius 3 is 2.34 bits per heavy atom. The summed E-state index contributed by atoms with van der Waals surface area (Å²) in [5, 5.41) is 3.66. The summed E-state index contributed by atoms with van der Waals surface area (Å²) < 4.78 is 17.4. The molecule has 0 amide bonds. The zero-order valence-electron chi connectivity index (χ0n) is 23.3. The highest BCUT2D eigenvalue weighted by atomic mass is 16.5. The van der Waals surface area contributed by atoms with Crippen LogP contribution < -0.4 is 24.4 Å². The van der Waals surface area contributed by atoms with Gasteiger partial charge in [-0.2, -0.15) is 0 Å². The van der Waals surface area contributed by atoms with Gasteiger partial charge in [-0.25, -0.2) is 0 Å². The van der Waals surface area contributed by atoms with Crippen LogP contribution in [0.2, 0.25) is 0 Å². The highest BCUT2D eigenvalue weighted by molar-refractivity contribution is 5.63. The minimum atomic E-state index is 0.166. The Morgan fingerprint density at radius 2 is 1.61 bits per heavy atom. The van der Waals surface area contributed by atoms with Crippen LogP contribution in [0.25, 0.3) is 0 Å². The largest absolute Gasteiger partial charge is 0.497 e. The second kappa shape index (κ2) is 12.1. The van der Waals surface area contributed by atoms with Crippen LogP contribution in [0.3, 0.4) is 0 Å². The first-order chi connectivity index (χ1) is 18.5. The van der Waals surface area contributed by atoms with Gasteiger partial charge < -0.3 is 24.4 Å².